The van der Waals surface area contributed by atoms with Crippen LogP contribution in [0.5, 0.6) is 0 Å². The molecule has 0 saturated carbocycles. The normalized spacial score (nSPS) is 23.2. The number of amides is 1. The molecule has 0 radical (unpaired) electrons. The van der Waals surface area contributed by atoms with Crippen molar-refractivity contribution < 1.29 is 14.7 Å². The first-order valence-corrected chi connectivity index (χ1v) is 4.01. The minimum absolute atomic E-state index is 0.270. The van der Waals surface area contributed by atoms with Gasteiger partial charge < -0.3 is 5.11 Å². The number of rotatable bonds is 1. The van der Waals surface area contributed by atoms with Crippen molar-refractivity contribution in [1.29, 1.82) is 0 Å². The van der Waals surface area contributed by atoms with E-state index in [9.17, 15) is 9.59 Å². The number of allylic oxidation sites excluding steroid dienone is 1. The highest BCUT2D eigenvalue weighted by molar-refractivity contribution is 6.45. The van der Waals surface area contributed by atoms with E-state index in [1.165, 1.54) is 6.92 Å². The zero-order valence-corrected chi connectivity index (χ0v) is 7.92. The molecule has 70 valence electrons. The Balaban J connectivity index is 3.19. The minimum Gasteiger partial charge on any atom is -0.480 e. The molecule has 0 bridgehead atoms. The zero-order valence-electron chi connectivity index (χ0n) is 7.17. The van der Waals surface area contributed by atoms with Crippen molar-refractivity contribution in [3.8, 4) is 0 Å². The molecule has 4 nitrogen and oxygen atoms in total. The molecule has 1 rings (SSSR count). The second-order valence-corrected chi connectivity index (χ2v) is 3.18. The third-order valence-electron chi connectivity index (χ3n) is 1.87. The third kappa shape index (κ3) is 1.62. The van der Waals surface area contributed by atoms with Gasteiger partial charge in [-0.1, -0.05) is 11.6 Å². The average molecular weight is 202 g/mol. The van der Waals surface area contributed by atoms with Gasteiger partial charge in [0.25, 0.3) is 5.91 Å². The van der Waals surface area contributed by atoms with Crippen molar-refractivity contribution in [3.05, 3.63) is 10.6 Å². The number of hydrogen-bond donors (Lipinski definition) is 1. The first kappa shape index (κ1) is 9.92. The molecular formula is C8H8ClNO3. The Kier molecular flexibility index (Phi) is 2.52. The number of hydrogen-bond acceptors (Lipinski definition) is 2. The molecule has 0 aromatic heterocycles. The maximum Gasteiger partial charge on any atom is 0.320 e. The molecule has 1 aliphatic heterocycles. The van der Waals surface area contributed by atoms with Gasteiger partial charge >= 0.3 is 5.97 Å². The van der Waals surface area contributed by atoms with Crippen LogP contribution in [0.3, 0.4) is 0 Å². The van der Waals surface area contributed by atoms with E-state index >= 15 is 0 Å². The zero-order chi connectivity index (χ0) is 10.2. The van der Waals surface area contributed by atoms with Crippen molar-refractivity contribution in [3.63, 3.8) is 0 Å². The number of aliphatic carboxylic acids is 1. The Bertz CT molecular complexity index is 343. The van der Waals surface area contributed by atoms with Crippen molar-refractivity contribution >= 4 is 29.2 Å². The van der Waals surface area contributed by atoms with E-state index in [4.69, 9.17) is 16.7 Å². The Morgan fingerprint density at radius 2 is 2.08 bits per heavy atom. The maximum atomic E-state index is 11.1. The molecule has 1 N–H and O–H groups in total. The molecule has 0 aromatic rings. The lowest BCUT2D eigenvalue weighted by atomic mass is 9.96. The summed E-state index contributed by atoms with van der Waals surface area (Å²) in [4.78, 5) is 25.3. The lowest BCUT2D eigenvalue weighted by molar-refractivity contribution is -0.144. The van der Waals surface area contributed by atoms with Crippen LogP contribution in [-0.2, 0) is 9.59 Å². The molecule has 1 atom stereocenters. The lowest BCUT2D eigenvalue weighted by Crippen LogP contribution is -2.28. The number of carboxylic acid groups (broad SMARTS) is 1. The van der Waals surface area contributed by atoms with Gasteiger partial charge in [0, 0.05) is 0 Å². The molecule has 1 aliphatic rings. The molecule has 1 heterocycles. The minimum atomic E-state index is -1.21. The largest absolute Gasteiger partial charge is 0.480 e. The van der Waals surface area contributed by atoms with Gasteiger partial charge in [0.05, 0.1) is 10.7 Å². The standard InChI is InChI=1S/C8H8ClNO3/c1-3-5(8(12)13)7(11)10-4(2)6(3)9/h5H,1-2H3,(H,12,13). The number of nitrogens with zero attached hydrogens (tertiary/aromatic N) is 1. The first-order valence-electron chi connectivity index (χ1n) is 3.63. The van der Waals surface area contributed by atoms with Crippen molar-refractivity contribution in [2.75, 3.05) is 0 Å². The van der Waals surface area contributed by atoms with Gasteiger partial charge in [-0.15, -0.1) is 0 Å². The van der Waals surface area contributed by atoms with Crippen LogP contribution in [0, 0.1) is 5.92 Å². The van der Waals surface area contributed by atoms with Crippen molar-refractivity contribution in [2.45, 2.75) is 13.8 Å². The molecule has 5 heteroatoms. The summed E-state index contributed by atoms with van der Waals surface area (Å²) >= 11 is 5.75. The van der Waals surface area contributed by atoms with Crippen LogP contribution >= 0.6 is 11.6 Å². The van der Waals surface area contributed by atoms with Crippen LogP contribution in [0.25, 0.3) is 0 Å². The second-order valence-electron chi connectivity index (χ2n) is 2.80. The monoisotopic (exact) mass is 201 g/mol. The van der Waals surface area contributed by atoms with Crippen LogP contribution in [0.4, 0.5) is 0 Å². The van der Waals surface area contributed by atoms with E-state index in [0.717, 1.165) is 0 Å². The van der Waals surface area contributed by atoms with Crippen LogP contribution in [0.1, 0.15) is 13.8 Å². The summed E-state index contributed by atoms with van der Waals surface area (Å²) in [6.45, 7) is 3.10. The molecule has 0 saturated heterocycles. The van der Waals surface area contributed by atoms with Gasteiger partial charge in [0.2, 0.25) is 0 Å². The Morgan fingerprint density at radius 3 is 2.54 bits per heavy atom. The molecule has 0 spiro atoms. The lowest BCUT2D eigenvalue weighted by Gasteiger charge is -2.16. The van der Waals surface area contributed by atoms with E-state index < -0.39 is 17.8 Å². The highest BCUT2D eigenvalue weighted by Gasteiger charge is 2.33. The summed E-state index contributed by atoms with van der Waals surface area (Å²) in [6.07, 6.45) is 0. The van der Waals surface area contributed by atoms with Gasteiger partial charge in [-0.3, -0.25) is 9.59 Å². The van der Waals surface area contributed by atoms with Crippen molar-refractivity contribution in [1.82, 2.24) is 0 Å². The van der Waals surface area contributed by atoms with Gasteiger partial charge in [0.1, 0.15) is 0 Å². The number of halogens is 1. The Labute approximate surface area is 79.9 Å². The maximum absolute atomic E-state index is 11.1. The number of carbonyl (C=O) groups is 2. The average Bonchev–Trinajstić information content (AvgIpc) is 1.99. The van der Waals surface area contributed by atoms with Gasteiger partial charge in [-0.25, -0.2) is 4.99 Å². The fourth-order valence-corrected chi connectivity index (χ4v) is 1.32. The van der Waals surface area contributed by atoms with Crippen molar-refractivity contribution in [2.24, 2.45) is 10.9 Å². The third-order valence-corrected chi connectivity index (χ3v) is 2.44. The topological polar surface area (TPSA) is 66.7 Å². The highest BCUT2D eigenvalue weighted by atomic mass is 35.5. The molecule has 0 aliphatic carbocycles. The van der Waals surface area contributed by atoms with Crippen LogP contribution in [0.15, 0.2) is 15.6 Å². The van der Waals surface area contributed by atoms with Crippen LogP contribution in [0.2, 0.25) is 0 Å². The Morgan fingerprint density at radius 1 is 1.54 bits per heavy atom. The fraction of sp³-hybridized carbons (Fsp3) is 0.375. The summed E-state index contributed by atoms with van der Waals surface area (Å²) in [5, 5.41) is 8.97. The molecule has 0 fully saturated rings. The van der Waals surface area contributed by atoms with Gasteiger partial charge in [0.15, 0.2) is 5.92 Å². The summed E-state index contributed by atoms with van der Waals surface area (Å²) in [6, 6.07) is 0. The number of carboxylic acids is 1. The molecule has 1 unspecified atom stereocenters. The van der Waals surface area contributed by atoms with E-state index in [2.05, 4.69) is 4.99 Å². The predicted octanol–water partition coefficient (Wildman–Crippen LogP) is 1.20. The summed E-state index contributed by atoms with van der Waals surface area (Å²) in [5.74, 6) is -3.08. The van der Waals surface area contributed by atoms with E-state index in [-0.39, 0.29) is 5.03 Å². The number of aliphatic imine (C=N–C) groups is 1. The van der Waals surface area contributed by atoms with Gasteiger partial charge in [-0.05, 0) is 19.4 Å². The fourth-order valence-electron chi connectivity index (χ4n) is 1.17. The van der Waals surface area contributed by atoms with Gasteiger partial charge in [-0.2, -0.15) is 0 Å². The van der Waals surface area contributed by atoms with E-state index in [1.54, 1.807) is 6.92 Å². The number of carbonyl (C=O) groups excluding carboxylic acids is 1. The second kappa shape index (κ2) is 3.30. The summed E-state index contributed by atoms with van der Waals surface area (Å²) in [5.41, 5.74) is 0.730. The smallest absolute Gasteiger partial charge is 0.320 e. The Hall–Kier alpha value is -1.16. The van der Waals surface area contributed by atoms with Crippen LogP contribution < -0.4 is 0 Å². The SMILES string of the molecule is CC1=NC(=O)C(C(=O)O)C(C)=C1Cl. The number of dihydropyridines is 1. The molecule has 13 heavy (non-hydrogen) atoms. The molecular weight excluding hydrogens is 194 g/mol. The quantitative estimate of drug-likeness (QED) is 0.649. The van der Waals surface area contributed by atoms with E-state index in [1.807, 2.05) is 0 Å². The summed E-state index contributed by atoms with van der Waals surface area (Å²) < 4.78 is 0. The van der Waals surface area contributed by atoms with Crippen LogP contribution in [-0.4, -0.2) is 22.7 Å². The molecule has 1 amide bonds. The predicted molar refractivity (Wildman–Crippen MR) is 47.8 cm³/mol. The molecule has 0 aromatic carbocycles. The summed E-state index contributed by atoms with van der Waals surface area (Å²) in [7, 11) is 0. The first-order chi connectivity index (χ1) is 5.95. The highest BCUT2D eigenvalue weighted by Crippen LogP contribution is 2.25. The van der Waals surface area contributed by atoms with E-state index in [0.29, 0.717) is 11.3 Å².